The van der Waals surface area contributed by atoms with Crippen LogP contribution in [0.4, 0.5) is 24.5 Å². The average Bonchev–Trinajstić information content (AvgIpc) is 2.25. The summed E-state index contributed by atoms with van der Waals surface area (Å²) in [7, 11) is 1.28. The average molecular weight is 327 g/mol. The number of hydrogen-bond donors (Lipinski definition) is 0. The van der Waals surface area contributed by atoms with E-state index in [0.717, 1.165) is 4.90 Å². The van der Waals surface area contributed by atoms with Crippen LogP contribution in [0.2, 0.25) is 0 Å². The van der Waals surface area contributed by atoms with Crippen LogP contribution in [-0.2, 0) is 5.33 Å². The van der Waals surface area contributed by atoms with Gasteiger partial charge in [-0.15, -0.1) is 0 Å². The molecule has 0 radical (unpaired) electrons. The number of nitrogens with zero attached hydrogens (tertiary/aromatic N) is 2. The smallest absolute Gasteiger partial charge is 0.366 e. The molecule has 0 heterocycles. The topological polar surface area (TPSA) is 46.4 Å². The van der Waals surface area contributed by atoms with Gasteiger partial charge in [-0.05, 0) is 12.1 Å². The maximum absolute atomic E-state index is 12.2. The van der Waals surface area contributed by atoms with Crippen molar-refractivity contribution in [3.63, 3.8) is 0 Å². The minimum absolute atomic E-state index is 0.115. The van der Waals surface area contributed by atoms with Gasteiger partial charge in [0.2, 0.25) is 0 Å². The number of benzene rings is 1. The fraction of sp³-hybridized carbons (Fsp3) is 0.400. The van der Waals surface area contributed by atoms with Crippen LogP contribution in [-0.4, -0.2) is 24.7 Å². The number of nitro benzene ring substituents is 1. The van der Waals surface area contributed by atoms with E-state index in [1.165, 1.54) is 25.2 Å². The Morgan fingerprint density at radius 2 is 2.06 bits per heavy atom. The van der Waals surface area contributed by atoms with Gasteiger partial charge < -0.3 is 4.90 Å². The van der Waals surface area contributed by atoms with Crippen molar-refractivity contribution in [2.24, 2.45) is 0 Å². The molecule has 0 N–H and O–H groups in total. The molecule has 100 valence electrons. The standard InChI is InChI=1S/C10H10BrF3N2O2/c1-15(6-10(12,13)14)8-2-3-9(16(17)18)7(4-8)5-11/h2-4H,5-6H2,1H3. The van der Waals surface area contributed by atoms with Crippen molar-refractivity contribution < 1.29 is 18.1 Å². The van der Waals surface area contributed by atoms with Crippen LogP contribution in [0.3, 0.4) is 0 Å². The van der Waals surface area contributed by atoms with Gasteiger partial charge in [0.25, 0.3) is 5.69 Å². The Kier molecular flexibility index (Phi) is 4.55. The summed E-state index contributed by atoms with van der Waals surface area (Å²) in [6, 6.07) is 3.88. The molecule has 0 aliphatic heterocycles. The van der Waals surface area contributed by atoms with E-state index >= 15 is 0 Å². The van der Waals surface area contributed by atoms with Gasteiger partial charge in [-0.2, -0.15) is 13.2 Å². The SMILES string of the molecule is CN(CC(F)(F)F)c1ccc([N+](=O)[O-])c(CBr)c1. The number of halogens is 4. The van der Waals surface area contributed by atoms with Gasteiger partial charge in [-0.1, -0.05) is 15.9 Å². The molecule has 4 nitrogen and oxygen atoms in total. The Balaban J connectivity index is 3.02. The molecule has 1 rings (SSSR count). The van der Waals surface area contributed by atoms with E-state index in [0.29, 0.717) is 5.56 Å². The summed E-state index contributed by atoms with van der Waals surface area (Å²) in [4.78, 5) is 11.1. The number of alkyl halides is 4. The number of rotatable bonds is 4. The lowest BCUT2D eigenvalue weighted by atomic mass is 10.1. The molecule has 1 aromatic rings. The Bertz CT molecular complexity index is 451. The van der Waals surface area contributed by atoms with Gasteiger partial charge in [0, 0.05) is 29.7 Å². The lowest BCUT2D eigenvalue weighted by Crippen LogP contribution is -2.30. The second-order valence-electron chi connectivity index (χ2n) is 3.67. The van der Waals surface area contributed by atoms with E-state index in [1.54, 1.807) is 0 Å². The van der Waals surface area contributed by atoms with Gasteiger partial charge in [-0.3, -0.25) is 10.1 Å². The van der Waals surface area contributed by atoms with Crippen LogP contribution in [0.5, 0.6) is 0 Å². The lowest BCUT2D eigenvalue weighted by Gasteiger charge is -2.21. The van der Waals surface area contributed by atoms with Crippen LogP contribution >= 0.6 is 15.9 Å². The highest BCUT2D eigenvalue weighted by Crippen LogP contribution is 2.28. The van der Waals surface area contributed by atoms with Crippen molar-refractivity contribution in [1.82, 2.24) is 0 Å². The molecule has 18 heavy (non-hydrogen) atoms. The number of nitro groups is 1. The monoisotopic (exact) mass is 326 g/mol. The molecule has 0 amide bonds. The molecule has 0 saturated carbocycles. The van der Waals surface area contributed by atoms with Gasteiger partial charge in [0.1, 0.15) is 6.54 Å². The largest absolute Gasteiger partial charge is 0.405 e. The second-order valence-corrected chi connectivity index (χ2v) is 4.24. The first-order valence-electron chi connectivity index (χ1n) is 4.86. The highest BCUT2D eigenvalue weighted by atomic mass is 79.9. The predicted octanol–water partition coefficient (Wildman–Crippen LogP) is 3.49. The quantitative estimate of drug-likeness (QED) is 0.483. The molecule has 0 spiro atoms. The lowest BCUT2D eigenvalue weighted by molar-refractivity contribution is -0.385. The zero-order valence-electron chi connectivity index (χ0n) is 9.37. The van der Waals surface area contributed by atoms with E-state index in [2.05, 4.69) is 15.9 Å². The molecule has 0 aromatic heterocycles. The van der Waals surface area contributed by atoms with Crippen LogP contribution in [0, 0.1) is 10.1 Å². The van der Waals surface area contributed by atoms with Crippen molar-refractivity contribution in [2.75, 3.05) is 18.5 Å². The summed E-state index contributed by atoms with van der Waals surface area (Å²) in [6.07, 6.45) is -4.31. The van der Waals surface area contributed by atoms with Gasteiger partial charge in [0.05, 0.1) is 4.92 Å². The maximum atomic E-state index is 12.2. The third-order valence-electron chi connectivity index (χ3n) is 2.26. The van der Waals surface area contributed by atoms with Gasteiger partial charge >= 0.3 is 6.18 Å². The first-order valence-corrected chi connectivity index (χ1v) is 5.98. The van der Waals surface area contributed by atoms with Crippen LogP contribution in [0.15, 0.2) is 18.2 Å². The Morgan fingerprint density at radius 1 is 1.44 bits per heavy atom. The Hall–Kier alpha value is -1.31. The minimum Gasteiger partial charge on any atom is -0.366 e. The predicted molar refractivity (Wildman–Crippen MR) is 65.1 cm³/mol. The van der Waals surface area contributed by atoms with Gasteiger partial charge in [0.15, 0.2) is 0 Å². The molecule has 0 atom stereocenters. The Morgan fingerprint density at radius 3 is 2.50 bits per heavy atom. The second kappa shape index (κ2) is 5.55. The molecular formula is C10H10BrF3N2O2. The van der Waals surface area contributed by atoms with E-state index in [1.807, 2.05) is 0 Å². The highest BCUT2D eigenvalue weighted by molar-refractivity contribution is 9.08. The minimum atomic E-state index is -4.31. The van der Waals surface area contributed by atoms with Gasteiger partial charge in [-0.25, -0.2) is 0 Å². The van der Waals surface area contributed by atoms with Crippen LogP contribution < -0.4 is 4.90 Å². The summed E-state index contributed by atoms with van der Waals surface area (Å²) >= 11 is 3.08. The summed E-state index contributed by atoms with van der Waals surface area (Å²) in [5.74, 6) is 0. The molecule has 0 bridgehead atoms. The van der Waals surface area contributed by atoms with Crippen molar-refractivity contribution >= 4 is 27.3 Å². The maximum Gasteiger partial charge on any atom is 0.405 e. The molecule has 8 heteroatoms. The molecule has 0 aliphatic carbocycles. The molecule has 0 fully saturated rings. The summed E-state index contributed by atoms with van der Waals surface area (Å²) in [5, 5.41) is 10.9. The molecule has 0 saturated heterocycles. The molecule has 1 aromatic carbocycles. The third kappa shape index (κ3) is 3.86. The summed E-state index contributed by atoms with van der Waals surface area (Å²) < 4.78 is 36.7. The van der Waals surface area contributed by atoms with Crippen LogP contribution in [0.25, 0.3) is 0 Å². The molecule has 0 aliphatic rings. The van der Waals surface area contributed by atoms with E-state index in [4.69, 9.17) is 0 Å². The molecule has 0 unspecified atom stereocenters. The summed E-state index contributed by atoms with van der Waals surface area (Å²) in [5.41, 5.74) is 0.509. The fourth-order valence-corrected chi connectivity index (χ4v) is 1.90. The zero-order chi connectivity index (χ0) is 13.9. The number of anilines is 1. The van der Waals surface area contributed by atoms with E-state index < -0.39 is 17.6 Å². The number of hydrogen-bond acceptors (Lipinski definition) is 3. The third-order valence-corrected chi connectivity index (χ3v) is 2.87. The highest BCUT2D eigenvalue weighted by Gasteiger charge is 2.29. The first kappa shape index (κ1) is 14.7. The fourth-order valence-electron chi connectivity index (χ4n) is 1.45. The zero-order valence-corrected chi connectivity index (χ0v) is 11.0. The molecular weight excluding hydrogens is 317 g/mol. The summed E-state index contributed by atoms with van der Waals surface area (Å²) in [6.45, 7) is -1.10. The van der Waals surface area contributed by atoms with Crippen molar-refractivity contribution in [2.45, 2.75) is 11.5 Å². The van der Waals surface area contributed by atoms with E-state index in [-0.39, 0.29) is 16.7 Å². The first-order chi connectivity index (χ1) is 8.24. The Labute approximate surface area is 110 Å². The van der Waals surface area contributed by atoms with Crippen molar-refractivity contribution in [3.8, 4) is 0 Å². The van der Waals surface area contributed by atoms with Crippen LogP contribution in [0.1, 0.15) is 5.56 Å². The normalized spacial score (nSPS) is 11.4. The van der Waals surface area contributed by atoms with Crippen molar-refractivity contribution in [1.29, 1.82) is 0 Å². The van der Waals surface area contributed by atoms with E-state index in [9.17, 15) is 23.3 Å². The van der Waals surface area contributed by atoms with Crippen molar-refractivity contribution in [3.05, 3.63) is 33.9 Å².